The molecule has 2 aromatic carbocycles. The standard InChI is InChI=1S/C20H17ClFNO4/c1-3-26-20(24)14(11-23)9-13-7-8-18(25-2)19(10-13)27-12-15-16(21)5-4-6-17(15)22/h4-10H,3,12H2,1-2H3/b14-9+. The Labute approximate surface area is 161 Å². The van der Waals surface area contributed by atoms with Crippen LogP contribution in [0.1, 0.15) is 18.1 Å². The van der Waals surface area contributed by atoms with Crippen LogP contribution in [0.3, 0.4) is 0 Å². The van der Waals surface area contributed by atoms with Gasteiger partial charge < -0.3 is 14.2 Å². The van der Waals surface area contributed by atoms with E-state index in [2.05, 4.69) is 0 Å². The van der Waals surface area contributed by atoms with Gasteiger partial charge in [0.2, 0.25) is 0 Å². The second-order valence-electron chi connectivity index (χ2n) is 5.29. The Hall–Kier alpha value is -3.04. The predicted molar refractivity (Wildman–Crippen MR) is 99.0 cm³/mol. The SMILES string of the molecule is CCOC(=O)/C(C#N)=C/c1ccc(OC)c(OCc2c(F)cccc2Cl)c1. The van der Waals surface area contributed by atoms with E-state index in [-0.39, 0.29) is 29.4 Å². The number of hydrogen-bond acceptors (Lipinski definition) is 5. The highest BCUT2D eigenvalue weighted by molar-refractivity contribution is 6.31. The summed E-state index contributed by atoms with van der Waals surface area (Å²) in [5.74, 6) is -0.469. The minimum atomic E-state index is -0.712. The van der Waals surface area contributed by atoms with Crippen molar-refractivity contribution in [1.82, 2.24) is 0 Å². The summed E-state index contributed by atoms with van der Waals surface area (Å²) in [6.45, 7) is 1.70. The molecule has 7 heteroatoms. The molecule has 0 spiro atoms. The van der Waals surface area contributed by atoms with Crippen LogP contribution in [-0.2, 0) is 16.1 Å². The lowest BCUT2D eigenvalue weighted by molar-refractivity contribution is -0.137. The van der Waals surface area contributed by atoms with Crippen LogP contribution in [0.2, 0.25) is 5.02 Å². The van der Waals surface area contributed by atoms with E-state index in [0.717, 1.165) is 0 Å². The quantitative estimate of drug-likeness (QED) is 0.395. The van der Waals surface area contributed by atoms with Crippen LogP contribution >= 0.6 is 11.6 Å². The molecule has 0 bridgehead atoms. The van der Waals surface area contributed by atoms with Gasteiger partial charge in [0.15, 0.2) is 11.5 Å². The van der Waals surface area contributed by atoms with Crippen molar-refractivity contribution in [3.8, 4) is 17.6 Å². The molecule has 0 aromatic heterocycles. The van der Waals surface area contributed by atoms with Gasteiger partial charge in [-0.1, -0.05) is 23.7 Å². The third-order valence-corrected chi connectivity index (χ3v) is 3.90. The minimum Gasteiger partial charge on any atom is -0.493 e. The van der Waals surface area contributed by atoms with Gasteiger partial charge in [0, 0.05) is 5.56 Å². The van der Waals surface area contributed by atoms with Gasteiger partial charge in [-0.15, -0.1) is 0 Å². The van der Waals surface area contributed by atoms with E-state index in [9.17, 15) is 9.18 Å². The average molecular weight is 390 g/mol. The predicted octanol–water partition coefficient (Wildman–Crippen LogP) is 4.54. The van der Waals surface area contributed by atoms with Crippen molar-refractivity contribution in [1.29, 1.82) is 5.26 Å². The first-order chi connectivity index (χ1) is 13.0. The summed E-state index contributed by atoms with van der Waals surface area (Å²) in [4.78, 5) is 11.7. The molecule has 0 aliphatic carbocycles. The molecule has 0 fully saturated rings. The van der Waals surface area contributed by atoms with Crippen molar-refractivity contribution in [2.24, 2.45) is 0 Å². The molecule has 0 saturated carbocycles. The third kappa shape index (κ3) is 5.22. The third-order valence-electron chi connectivity index (χ3n) is 3.55. The first-order valence-corrected chi connectivity index (χ1v) is 8.40. The maximum Gasteiger partial charge on any atom is 0.348 e. The number of ether oxygens (including phenoxy) is 3. The van der Waals surface area contributed by atoms with Gasteiger partial charge in [-0.3, -0.25) is 0 Å². The van der Waals surface area contributed by atoms with Crippen molar-refractivity contribution in [3.63, 3.8) is 0 Å². The molecule has 2 rings (SSSR count). The number of halogens is 2. The van der Waals surface area contributed by atoms with Crippen LogP contribution in [0, 0.1) is 17.1 Å². The lowest BCUT2D eigenvalue weighted by Crippen LogP contribution is -2.06. The Morgan fingerprint density at radius 1 is 1.30 bits per heavy atom. The molecule has 0 amide bonds. The van der Waals surface area contributed by atoms with Crippen molar-refractivity contribution in [3.05, 3.63) is 63.9 Å². The second-order valence-corrected chi connectivity index (χ2v) is 5.70. The molecule has 0 aliphatic rings. The highest BCUT2D eigenvalue weighted by Crippen LogP contribution is 2.31. The van der Waals surface area contributed by atoms with Crippen LogP contribution < -0.4 is 9.47 Å². The lowest BCUT2D eigenvalue weighted by Gasteiger charge is -2.13. The van der Waals surface area contributed by atoms with Crippen LogP contribution in [0.15, 0.2) is 42.0 Å². The molecule has 0 radical (unpaired) electrons. The highest BCUT2D eigenvalue weighted by atomic mass is 35.5. The zero-order valence-electron chi connectivity index (χ0n) is 14.8. The Balaban J connectivity index is 2.30. The molecule has 27 heavy (non-hydrogen) atoms. The summed E-state index contributed by atoms with van der Waals surface area (Å²) in [6, 6.07) is 11.0. The molecule has 0 unspecified atom stereocenters. The maximum atomic E-state index is 13.9. The minimum absolute atomic E-state index is 0.113. The summed E-state index contributed by atoms with van der Waals surface area (Å²) < 4.78 is 29.6. The molecule has 5 nitrogen and oxygen atoms in total. The van der Waals surface area contributed by atoms with Crippen LogP contribution in [-0.4, -0.2) is 19.7 Å². The van der Waals surface area contributed by atoms with Crippen molar-refractivity contribution >= 4 is 23.6 Å². The summed E-state index contributed by atoms with van der Waals surface area (Å²) in [7, 11) is 1.47. The first kappa shape index (κ1) is 20.3. The van der Waals surface area contributed by atoms with Gasteiger partial charge in [-0.05, 0) is 42.8 Å². The number of hydrogen-bond donors (Lipinski definition) is 0. The molecule has 140 valence electrons. The van der Waals surface area contributed by atoms with E-state index in [1.807, 2.05) is 0 Å². The zero-order chi connectivity index (χ0) is 19.8. The van der Waals surface area contributed by atoms with Crippen LogP contribution in [0.5, 0.6) is 11.5 Å². The number of esters is 1. The van der Waals surface area contributed by atoms with Gasteiger partial charge in [-0.25, -0.2) is 9.18 Å². The zero-order valence-corrected chi connectivity index (χ0v) is 15.5. The molecule has 0 aliphatic heterocycles. The number of nitrogens with zero attached hydrogens (tertiary/aromatic N) is 1. The molecule has 0 heterocycles. The van der Waals surface area contributed by atoms with Crippen molar-refractivity contribution in [2.45, 2.75) is 13.5 Å². The Morgan fingerprint density at radius 3 is 2.70 bits per heavy atom. The largest absolute Gasteiger partial charge is 0.493 e. The van der Waals surface area contributed by atoms with Gasteiger partial charge in [0.1, 0.15) is 24.1 Å². The van der Waals surface area contributed by atoms with Gasteiger partial charge in [-0.2, -0.15) is 5.26 Å². The number of carbonyl (C=O) groups is 1. The number of carbonyl (C=O) groups excluding carboxylic acids is 1. The average Bonchev–Trinajstić information content (AvgIpc) is 2.66. The number of rotatable bonds is 7. The molecular weight excluding hydrogens is 373 g/mol. The van der Waals surface area contributed by atoms with Crippen LogP contribution in [0.4, 0.5) is 4.39 Å². The van der Waals surface area contributed by atoms with Crippen molar-refractivity contribution in [2.75, 3.05) is 13.7 Å². The molecule has 0 N–H and O–H groups in total. The molecular formula is C20H17ClFNO4. The molecule has 0 atom stereocenters. The summed E-state index contributed by atoms with van der Waals surface area (Å²) in [6.07, 6.45) is 1.38. The Bertz CT molecular complexity index is 885. The number of nitriles is 1. The van der Waals surface area contributed by atoms with Gasteiger partial charge in [0.25, 0.3) is 0 Å². The Morgan fingerprint density at radius 2 is 2.07 bits per heavy atom. The summed E-state index contributed by atoms with van der Waals surface area (Å²) in [5.41, 5.74) is 0.589. The molecule has 2 aromatic rings. The highest BCUT2D eigenvalue weighted by Gasteiger charge is 2.13. The maximum absolute atomic E-state index is 13.9. The lowest BCUT2D eigenvalue weighted by atomic mass is 10.1. The number of methoxy groups -OCH3 is 1. The summed E-state index contributed by atoms with van der Waals surface area (Å²) in [5, 5.41) is 9.39. The van der Waals surface area contributed by atoms with E-state index in [0.29, 0.717) is 17.1 Å². The normalized spacial score (nSPS) is 10.9. The van der Waals surface area contributed by atoms with Gasteiger partial charge >= 0.3 is 5.97 Å². The first-order valence-electron chi connectivity index (χ1n) is 8.02. The van der Waals surface area contributed by atoms with E-state index in [1.54, 1.807) is 37.3 Å². The van der Waals surface area contributed by atoms with Gasteiger partial charge in [0.05, 0.1) is 18.7 Å². The number of benzene rings is 2. The van der Waals surface area contributed by atoms with Crippen LogP contribution in [0.25, 0.3) is 6.08 Å². The Kier molecular flexibility index (Phi) is 7.21. The fraction of sp³-hybridized carbons (Fsp3) is 0.200. The van der Waals surface area contributed by atoms with Crippen molar-refractivity contribution < 1.29 is 23.4 Å². The van der Waals surface area contributed by atoms with E-state index in [4.69, 9.17) is 31.1 Å². The van der Waals surface area contributed by atoms with E-state index >= 15 is 0 Å². The molecule has 0 saturated heterocycles. The van der Waals surface area contributed by atoms with E-state index in [1.165, 1.54) is 25.3 Å². The topological polar surface area (TPSA) is 68.6 Å². The summed E-state index contributed by atoms with van der Waals surface area (Å²) >= 11 is 6.00. The smallest absolute Gasteiger partial charge is 0.348 e. The van der Waals surface area contributed by atoms with E-state index < -0.39 is 11.8 Å². The monoisotopic (exact) mass is 389 g/mol. The fourth-order valence-corrected chi connectivity index (χ4v) is 2.45. The fourth-order valence-electron chi connectivity index (χ4n) is 2.23. The second kappa shape index (κ2) is 9.60.